The normalized spacial score (nSPS) is 26.5. The number of rotatable bonds is 2. The van der Waals surface area contributed by atoms with Gasteiger partial charge < -0.3 is 15.8 Å². The summed E-state index contributed by atoms with van der Waals surface area (Å²) in [4.78, 5) is 10.4. The Morgan fingerprint density at radius 3 is 3.00 bits per heavy atom. The number of urea groups is 1. The van der Waals surface area contributed by atoms with Gasteiger partial charge in [-0.05, 0) is 13.3 Å². The summed E-state index contributed by atoms with van der Waals surface area (Å²) in [5.41, 5.74) is 4.97. The molecule has 2 unspecified atom stereocenters. The molecule has 1 heterocycles. The zero-order chi connectivity index (χ0) is 8.27. The largest absolute Gasteiger partial charge is 0.381 e. The second-order valence-electron chi connectivity index (χ2n) is 2.92. The van der Waals surface area contributed by atoms with Gasteiger partial charge in [-0.2, -0.15) is 0 Å². The van der Waals surface area contributed by atoms with E-state index in [1.165, 1.54) is 0 Å². The van der Waals surface area contributed by atoms with E-state index in [0.29, 0.717) is 5.92 Å². The Morgan fingerprint density at radius 1 is 1.82 bits per heavy atom. The van der Waals surface area contributed by atoms with Crippen molar-refractivity contribution >= 4 is 6.03 Å². The number of ether oxygens (including phenoxy) is 1. The summed E-state index contributed by atoms with van der Waals surface area (Å²) in [6.07, 6.45) is 1.02. The number of amides is 2. The smallest absolute Gasteiger partial charge is 0.312 e. The molecule has 3 N–H and O–H groups in total. The Bertz CT molecular complexity index is 143. The lowest BCUT2D eigenvalue weighted by Gasteiger charge is -2.17. The molecule has 1 aliphatic rings. The summed E-state index contributed by atoms with van der Waals surface area (Å²) in [6.45, 7) is 3.49. The number of nitrogens with one attached hydrogen (secondary N) is 1. The van der Waals surface area contributed by atoms with E-state index in [0.717, 1.165) is 19.6 Å². The summed E-state index contributed by atoms with van der Waals surface area (Å²) >= 11 is 0. The van der Waals surface area contributed by atoms with Crippen LogP contribution in [-0.2, 0) is 4.74 Å². The topological polar surface area (TPSA) is 64.3 Å². The Morgan fingerprint density at radius 2 is 2.55 bits per heavy atom. The van der Waals surface area contributed by atoms with Crippen LogP contribution in [0.2, 0.25) is 0 Å². The standard InChI is InChI=1S/C7H14N2O2/c1-5(9-7(8)10)6-2-3-11-4-6/h5-6H,2-4H2,1H3,(H3,8,9,10). The molecule has 1 saturated heterocycles. The first-order valence-corrected chi connectivity index (χ1v) is 3.84. The van der Waals surface area contributed by atoms with Crippen LogP contribution < -0.4 is 11.1 Å². The number of carbonyl (C=O) groups excluding carboxylic acids is 1. The van der Waals surface area contributed by atoms with Gasteiger partial charge in [0.25, 0.3) is 0 Å². The van der Waals surface area contributed by atoms with Crippen molar-refractivity contribution in [1.82, 2.24) is 5.32 Å². The third kappa shape index (κ3) is 2.38. The number of hydrogen-bond acceptors (Lipinski definition) is 2. The maximum absolute atomic E-state index is 10.4. The van der Waals surface area contributed by atoms with Crippen LogP contribution in [0.5, 0.6) is 0 Å². The highest BCUT2D eigenvalue weighted by molar-refractivity contribution is 5.71. The van der Waals surface area contributed by atoms with Crippen LogP contribution in [-0.4, -0.2) is 25.3 Å². The number of carbonyl (C=O) groups is 1. The van der Waals surface area contributed by atoms with Crippen LogP contribution in [0.3, 0.4) is 0 Å². The second kappa shape index (κ2) is 3.57. The highest BCUT2D eigenvalue weighted by atomic mass is 16.5. The minimum Gasteiger partial charge on any atom is -0.381 e. The van der Waals surface area contributed by atoms with Gasteiger partial charge in [0.15, 0.2) is 0 Å². The van der Waals surface area contributed by atoms with Gasteiger partial charge in [0.05, 0.1) is 6.61 Å². The van der Waals surface area contributed by atoms with Crippen molar-refractivity contribution in [2.45, 2.75) is 19.4 Å². The van der Waals surface area contributed by atoms with E-state index in [1.54, 1.807) is 0 Å². The third-order valence-electron chi connectivity index (χ3n) is 2.04. The molecular weight excluding hydrogens is 144 g/mol. The maximum Gasteiger partial charge on any atom is 0.312 e. The highest BCUT2D eigenvalue weighted by Gasteiger charge is 2.22. The molecule has 1 aliphatic heterocycles. The Labute approximate surface area is 66.1 Å². The molecule has 11 heavy (non-hydrogen) atoms. The predicted octanol–water partition coefficient (Wildman–Crippen LogP) is 0.0797. The average Bonchev–Trinajstić information content (AvgIpc) is 2.35. The fourth-order valence-electron chi connectivity index (χ4n) is 1.29. The monoisotopic (exact) mass is 158 g/mol. The lowest BCUT2D eigenvalue weighted by atomic mass is 10.0. The van der Waals surface area contributed by atoms with Crippen LogP contribution in [0.15, 0.2) is 0 Å². The molecule has 0 spiro atoms. The van der Waals surface area contributed by atoms with Crippen molar-refractivity contribution in [3.05, 3.63) is 0 Å². The molecule has 0 aromatic rings. The van der Waals surface area contributed by atoms with Crippen LogP contribution in [0.25, 0.3) is 0 Å². The fraction of sp³-hybridized carbons (Fsp3) is 0.857. The van der Waals surface area contributed by atoms with Crippen molar-refractivity contribution in [3.63, 3.8) is 0 Å². The van der Waals surface area contributed by atoms with Gasteiger partial charge in [-0.1, -0.05) is 0 Å². The molecular formula is C7H14N2O2. The van der Waals surface area contributed by atoms with Crippen LogP contribution >= 0.6 is 0 Å². The highest BCUT2D eigenvalue weighted by Crippen LogP contribution is 2.15. The summed E-state index contributed by atoms with van der Waals surface area (Å²) in [6, 6.07) is -0.320. The molecule has 2 atom stereocenters. The molecule has 4 nitrogen and oxygen atoms in total. The van der Waals surface area contributed by atoms with Gasteiger partial charge in [-0.3, -0.25) is 0 Å². The maximum atomic E-state index is 10.4. The molecule has 0 aliphatic carbocycles. The van der Waals surface area contributed by atoms with Gasteiger partial charge in [-0.15, -0.1) is 0 Å². The predicted molar refractivity (Wildman–Crippen MR) is 41.1 cm³/mol. The minimum absolute atomic E-state index is 0.134. The van der Waals surface area contributed by atoms with E-state index in [1.807, 2.05) is 6.92 Å². The number of primary amides is 1. The molecule has 0 aromatic carbocycles. The van der Waals surface area contributed by atoms with E-state index < -0.39 is 6.03 Å². The molecule has 0 saturated carbocycles. The number of nitrogens with two attached hydrogens (primary N) is 1. The van der Waals surface area contributed by atoms with Gasteiger partial charge >= 0.3 is 6.03 Å². The van der Waals surface area contributed by atoms with Gasteiger partial charge in [0.1, 0.15) is 0 Å². The third-order valence-corrected chi connectivity index (χ3v) is 2.04. The minimum atomic E-state index is -0.454. The molecule has 4 heteroatoms. The zero-order valence-electron chi connectivity index (χ0n) is 6.67. The first kappa shape index (κ1) is 8.33. The van der Waals surface area contributed by atoms with Crippen LogP contribution in [0, 0.1) is 5.92 Å². The number of hydrogen-bond donors (Lipinski definition) is 2. The lowest BCUT2D eigenvalue weighted by molar-refractivity contribution is 0.178. The van der Waals surface area contributed by atoms with Crippen molar-refractivity contribution < 1.29 is 9.53 Å². The van der Waals surface area contributed by atoms with Crippen molar-refractivity contribution in [2.75, 3.05) is 13.2 Å². The zero-order valence-corrected chi connectivity index (χ0v) is 6.67. The van der Waals surface area contributed by atoms with E-state index in [-0.39, 0.29) is 6.04 Å². The molecule has 0 radical (unpaired) electrons. The summed E-state index contributed by atoms with van der Waals surface area (Å²) in [7, 11) is 0. The molecule has 0 bridgehead atoms. The summed E-state index contributed by atoms with van der Waals surface area (Å²) in [5, 5.41) is 2.64. The van der Waals surface area contributed by atoms with Crippen molar-refractivity contribution in [2.24, 2.45) is 11.7 Å². The Kier molecular flexibility index (Phi) is 2.70. The van der Waals surface area contributed by atoms with E-state index in [2.05, 4.69) is 5.32 Å². The van der Waals surface area contributed by atoms with Gasteiger partial charge in [-0.25, -0.2) is 4.79 Å². The summed E-state index contributed by atoms with van der Waals surface area (Å²) < 4.78 is 5.17. The Balaban J connectivity index is 2.28. The van der Waals surface area contributed by atoms with Crippen LogP contribution in [0.1, 0.15) is 13.3 Å². The molecule has 1 fully saturated rings. The average molecular weight is 158 g/mol. The van der Waals surface area contributed by atoms with Crippen molar-refractivity contribution in [3.8, 4) is 0 Å². The quantitative estimate of drug-likeness (QED) is 0.597. The van der Waals surface area contributed by atoms with E-state index >= 15 is 0 Å². The SMILES string of the molecule is CC(NC(N)=O)C1CCOC1. The molecule has 0 aromatic heterocycles. The van der Waals surface area contributed by atoms with Gasteiger partial charge in [0, 0.05) is 18.6 Å². The Hall–Kier alpha value is -0.770. The second-order valence-corrected chi connectivity index (χ2v) is 2.92. The fourth-order valence-corrected chi connectivity index (χ4v) is 1.29. The van der Waals surface area contributed by atoms with Crippen LogP contribution in [0.4, 0.5) is 4.79 Å². The van der Waals surface area contributed by atoms with E-state index in [4.69, 9.17) is 10.5 Å². The molecule has 2 amide bonds. The van der Waals surface area contributed by atoms with Crippen molar-refractivity contribution in [1.29, 1.82) is 0 Å². The lowest BCUT2D eigenvalue weighted by Crippen LogP contribution is -2.41. The first-order chi connectivity index (χ1) is 5.20. The molecule has 1 rings (SSSR count). The van der Waals surface area contributed by atoms with E-state index in [9.17, 15) is 4.79 Å². The first-order valence-electron chi connectivity index (χ1n) is 3.84. The summed E-state index contributed by atoms with van der Waals surface area (Å²) in [5.74, 6) is 0.433. The molecule has 64 valence electrons. The van der Waals surface area contributed by atoms with Gasteiger partial charge in [0.2, 0.25) is 0 Å².